The van der Waals surface area contributed by atoms with Gasteiger partial charge in [0.15, 0.2) is 5.16 Å². The maximum absolute atomic E-state index is 2.46. The fraction of sp³-hybridized carbons (Fsp3) is 0.0270. The molecule has 39 heavy (non-hydrogen) atoms. The van der Waals surface area contributed by atoms with Crippen LogP contribution in [0.5, 0.6) is 0 Å². The Bertz CT molecular complexity index is 1250. The summed E-state index contributed by atoms with van der Waals surface area (Å²) in [5.74, 6) is 0. The minimum absolute atomic E-state index is 0. The van der Waals surface area contributed by atoms with E-state index in [1.165, 1.54) is 32.6 Å². The molecule has 0 fully saturated rings. The van der Waals surface area contributed by atoms with Gasteiger partial charge in [0.05, 0.1) is 0 Å². The molecule has 6 aromatic rings. The predicted molar refractivity (Wildman–Crippen MR) is 164 cm³/mol. The van der Waals surface area contributed by atoms with Crippen LogP contribution in [0.4, 0.5) is 0 Å². The second-order valence-electron chi connectivity index (χ2n) is 9.49. The molecule has 0 atom stereocenters. The Morgan fingerprint density at radius 1 is 0.282 bits per heavy atom. The number of hydrogen-bond acceptors (Lipinski definition) is 0. The molecule has 6 rings (SSSR count). The van der Waals surface area contributed by atoms with Crippen LogP contribution in [0.25, 0.3) is 0 Å². The summed E-state index contributed by atoms with van der Waals surface area (Å²) < 4.78 is 0. The van der Waals surface area contributed by atoms with Crippen molar-refractivity contribution in [2.75, 3.05) is 0 Å². The lowest BCUT2D eigenvalue weighted by molar-refractivity contribution is -0.00000722. The van der Waals surface area contributed by atoms with E-state index in [-0.39, 0.29) is 17.0 Å². The highest BCUT2D eigenvalue weighted by atomic mass is 79.9. The van der Waals surface area contributed by atoms with Crippen molar-refractivity contribution in [3.05, 3.63) is 199 Å². The zero-order valence-electron chi connectivity index (χ0n) is 21.6. The molecule has 0 heterocycles. The van der Waals surface area contributed by atoms with E-state index in [2.05, 4.69) is 182 Å². The lowest BCUT2D eigenvalue weighted by Crippen LogP contribution is -3.00. The summed E-state index contributed by atoms with van der Waals surface area (Å²) in [6, 6.07) is 67.1. The number of rotatable bonds is 7. The van der Waals surface area contributed by atoms with Crippen LogP contribution < -0.4 is 32.9 Å². The SMILES string of the molecule is [Br-].c1ccc(C(c2ccccc2)(c2ccccc2)[P+](c2ccccc2)(c2ccccc2)c2ccccc2)cc1. The van der Waals surface area contributed by atoms with Gasteiger partial charge in [-0.05, 0) is 36.4 Å². The van der Waals surface area contributed by atoms with Gasteiger partial charge in [-0.1, -0.05) is 146 Å². The molecule has 0 N–H and O–H groups in total. The van der Waals surface area contributed by atoms with Crippen molar-refractivity contribution in [1.29, 1.82) is 0 Å². The van der Waals surface area contributed by atoms with Gasteiger partial charge < -0.3 is 17.0 Å². The molecule has 0 unspecified atom stereocenters. The van der Waals surface area contributed by atoms with Gasteiger partial charge >= 0.3 is 0 Å². The molecule has 0 saturated heterocycles. The topological polar surface area (TPSA) is 0 Å². The van der Waals surface area contributed by atoms with Crippen LogP contribution in [-0.4, -0.2) is 0 Å². The van der Waals surface area contributed by atoms with Gasteiger partial charge in [-0.15, -0.1) is 0 Å². The van der Waals surface area contributed by atoms with E-state index < -0.39 is 12.4 Å². The molecule has 0 spiro atoms. The third-order valence-corrected chi connectivity index (χ3v) is 12.5. The molecule has 0 aliphatic rings. The molecule has 6 aromatic carbocycles. The molecular weight excluding hydrogens is 555 g/mol. The Labute approximate surface area is 243 Å². The van der Waals surface area contributed by atoms with Gasteiger partial charge in [-0.25, -0.2) is 0 Å². The summed E-state index contributed by atoms with van der Waals surface area (Å²) in [5, 5.41) is 3.58. The Hall–Kier alpha value is -3.77. The average molecular weight is 586 g/mol. The smallest absolute Gasteiger partial charge is 0.168 e. The lowest BCUT2D eigenvalue weighted by Gasteiger charge is -2.46. The van der Waals surface area contributed by atoms with Crippen LogP contribution in [-0.2, 0) is 5.16 Å². The summed E-state index contributed by atoms with van der Waals surface area (Å²) >= 11 is 0. The van der Waals surface area contributed by atoms with Crippen molar-refractivity contribution in [3.8, 4) is 0 Å². The summed E-state index contributed by atoms with van der Waals surface area (Å²) in [4.78, 5) is 0. The van der Waals surface area contributed by atoms with Crippen molar-refractivity contribution in [2.24, 2.45) is 0 Å². The number of benzene rings is 6. The molecule has 0 aliphatic carbocycles. The van der Waals surface area contributed by atoms with Crippen LogP contribution in [0.1, 0.15) is 16.7 Å². The first-order chi connectivity index (χ1) is 18.9. The highest BCUT2D eigenvalue weighted by Crippen LogP contribution is 2.74. The monoisotopic (exact) mass is 584 g/mol. The third kappa shape index (κ3) is 4.47. The number of halogens is 1. The Morgan fingerprint density at radius 2 is 0.487 bits per heavy atom. The Balaban J connectivity index is 0.00000308. The van der Waals surface area contributed by atoms with Crippen LogP contribution in [0.15, 0.2) is 182 Å². The zero-order valence-corrected chi connectivity index (χ0v) is 24.1. The predicted octanol–water partition coefficient (Wildman–Crippen LogP) is 4.98. The van der Waals surface area contributed by atoms with Gasteiger partial charge in [0.2, 0.25) is 0 Å². The van der Waals surface area contributed by atoms with Crippen molar-refractivity contribution in [3.63, 3.8) is 0 Å². The fourth-order valence-corrected chi connectivity index (χ4v) is 11.6. The van der Waals surface area contributed by atoms with E-state index in [0.717, 1.165) is 0 Å². The Morgan fingerprint density at radius 3 is 0.718 bits per heavy atom. The molecule has 0 aliphatic heterocycles. The molecule has 0 nitrogen and oxygen atoms in total. The minimum atomic E-state index is -2.46. The van der Waals surface area contributed by atoms with E-state index in [0.29, 0.717) is 0 Å². The van der Waals surface area contributed by atoms with Gasteiger partial charge in [0.25, 0.3) is 0 Å². The zero-order chi connectivity index (χ0) is 25.7. The molecule has 190 valence electrons. The van der Waals surface area contributed by atoms with E-state index in [9.17, 15) is 0 Å². The highest BCUT2D eigenvalue weighted by molar-refractivity contribution is 7.97. The fourth-order valence-electron chi connectivity index (χ4n) is 6.10. The molecule has 0 aromatic heterocycles. The molecule has 0 bridgehead atoms. The van der Waals surface area contributed by atoms with Crippen LogP contribution in [0, 0.1) is 0 Å². The van der Waals surface area contributed by atoms with Crippen LogP contribution >= 0.6 is 7.26 Å². The lowest BCUT2D eigenvalue weighted by atomic mass is 9.84. The van der Waals surface area contributed by atoms with Crippen LogP contribution in [0.2, 0.25) is 0 Å². The largest absolute Gasteiger partial charge is 1.00 e. The van der Waals surface area contributed by atoms with Crippen molar-refractivity contribution < 1.29 is 17.0 Å². The van der Waals surface area contributed by atoms with E-state index in [4.69, 9.17) is 0 Å². The summed E-state index contributed by atoms with van der Waals surface area (Å²) in [6.45, 7) is 0. The Kier molecular flexibility index (Phi) is 8.22. The first kappa shape index (κ1) is 26.8. The summed E-state index contributed by atoms with van der Waals surface area (Å²) in [5.41, 5.74) is 3.88. The van der Waals surface area contributed by atoms with Crippen molar-refractivity contribution >= 4 is 23.2 Å². The summed E-state index contributed by atoms with van der Waals surface area (Å²) in [7, 11) is -2.46. The summed E-state index contributed by atoms with van der Waals surface area (Å²) in [6.07, 6.45) is 0. The van der Waals surface area contributed by atoms with Crippen molar-refractivity contribution in [2.45, 2.75) is 5.16 Å². The minimum Gasteiger partial charge on any atom is -1.00 e. The molecule has 2 heteroatoms. The quantitative estimate of drug-likeness (QED) is 0.183. The third-order valence-electron chi connectivity index (χ3n) is 7.51. The molecule has 0 saturated carbocycles. The molecular formula is C37H30BrP. The standard InChI is InChI=1S/C37H30P.BrH/c1-7-19-31(20-8-1)37(32-21-9-2-10-22-32,33-23-11-3-12-24-33)38(34-25-13-4-14-26-34,35-27-15-5-16-28-35)36-29-17-6-18-30-36;/h1-30H;1H/q+1;/p-1. The second-order valence-corrected chi connectivity index (χ2v) is 13.0. The normalized spacial score (nSPS) is 11.4. The number of hydrogen-bond donors (Lipinski definition) is 0. The van der Waals surface area contributed by atoms with E-state index in [1.807, 2.05) is 0 Å². The second kappa shape index (κ2) is 12.0. The van der Waals surface area contributed by atoms with Crippen molar-refractivity contribution in [1.82, 2.24) is 0 Å². The first-order valence-corrected chi connectivity index (χ1v) is 14.9. The van der Waals surface area contributed by atoms with E-state index >= 15 is 0 Å². The van der Waals surface area contributed by atoms with Gasteiger partial charge in [-0.3, -0.25) is 0 Å². The van der Waals surface area contributed by atoms with Gasteiger partial charge in [0, 0.05) is 16.7 Å². The maximum atomic E-state index is 2.34. The highest BCUT2D eigenvalue weighted by Gasteiger charge is 2.65. The average Bonchev–Trinajstić information content (AvgIpc) is 3.02. The molecule has 0 radical (unpaired) electrons. The maximum Gasteiger partial charge on any atom is 0.168 e. The first-order valence-electron chi connectivity index (χ1n) is 13.1. The molecule has 0 amide bonds. The van der Waals surface area contributed by atoms with E-state index in [1.54, 1.807) is 0 Å². The van der Waals surface area contributed by atoms with Gasteiger partial charge in [-0.2, -0.15) is 0 Å². The van der Waals surface area contributed by atoms with Gasteiger partial charge in [0.1, 0.15) is 23.2 Å². The van der Waals surface area contributed by atoms with Crippen LogP contribution in [0.3, 0.4) is 0 Å².